The zero-order valence-corrected chi connectivity index (χ0v) is 12.2. The van der Waals surface area contributed by atoms with Crippen LogP contribution in [0.2, 0.25) is 0 Å². The first kappa shape index (κ1) is 12.6. The van der Waals surface area contributed by atoms with Gasteiger partial charge in [-0.25, -0.2) is 0 Å². The molecule has 0 amide bonds. The average Bonchev–Trinajstić information content (AvgIpc) is 3.05. The van der Waals surface area contributed by atoms with E-state index in [4.69, 9.17) is 0 Å². The molecule has 0 spiro atoms. The zero-order valence-electron chi connectivity index (χ0n) is 12.2. The fraction of sp³-hybridized carbons (Fsp3) is 1.00. The second-order valence-electron chi connectivity index (χ2n) is 7.16. The van der Waals surface area contributed by atoms with Crippen molar-refractivity contribution in [3.8, 4) is 0 Å². The smallest absolute Gasteiger partial charge is 0.0249 e. The number of piperidine rings is 2. The summed E-state index contributed by atoms with van der Waals surface area (Å²) in [5.41, 5.74) is 0. The molecule has 4 aliphatic heterocycles. The Morgan fingerprint density at radius 1 is 0.579 bits per heavy atom. The van der Waals surface area contributed by atoms with E-state index < -0.39 is 0 Å². The molecule has 4 unspecified atom stereocenters. The molecule has 19 heavy (non-hydrogen) atoms. The lowest BCUT2D eigenvalue weighted by molar-refractivity contribution is 0.155. The van der Waals surface area contributed by atoms with Gasteiger partial charge < -0.3 is 5.32 Å². The van der Waals surface area contributed by atoms with Gasteiger partial charge in [-0.3, -0.25) is 9.80 Å². The maximum Gasteiger partial charge on any atom is 0.0249 e. The van der Waals surface area contributed by atoms with Gasteiger partial charge in [0, 0.05) is 37.3 Å². The molecular formula is C16H29N3. The van der Waals surface area contributed by atoms with Crippen LogP contribution in [0.1, 0.15) is 51.4 Å². The third kappa shape index (κ3) is 2.34. The van der Waals surface area contributed by atoms with Crippen LogP contribution in [0.4, 0.5) is 0 Å². The molecule has 0 saturated carbocycles. The van der Waals surface area contributed by atoms with Crippen LogP contribution in [0.5, 0.6) is 0 Å². The molecule has 0 aromatic rings. The minimum absolute atomic E-state index is 0.798. The van der Waals surface area contributed by atoms with Crippen molar-refractivity contribution in [1.82, 2.24) is 15.1 Å². The predicted octanol–water partition coefficient (Wildman–Crippen LogP) is 1.83. The lowest BCUT2D eigenvalue weighted by Crippen LogP contribution is -2.52. The van der Waals surface area contributed by atoms with Crippen molar-refractivity contribution in [3.05, 3.63) is 0 Å². The van der Waals surface area contributed by atoms with Crippen molar-refractivity contribution in [3.63, 3.8) is 0 Å². The van der Waals surface area contributed by atoms with E-state index in [-0.39, 0.29) is 0 Å². The second kappa shape index (κ2) is 5.34. The summed E-state index contributed by atoms with van der Waals surface area (Å²) in [6.45, 7) is 5.43. The first-order valence-electron chi connectivity index (χ1n) is 8.66. The molecule has 4 heterocycles. The molecule has 0 aromatic heterocycles. The van der Waals surface area contributed by atoms with Crippen LogP contribution in [-0.4, -0.2) is 60.1 Å². The Morgan fingerprint density at radius 3 is 1.63 bits per heavy atom. The van der Waals surface area contributed by atoms with E-state index in [0.29, 0.717) is 0 Å². The summed E-state index contributed by atoms with van der Waals surface area (Å²) in [6, 6.07) is 3.33. The summed E-state index contributed by atoms with van der Waals surface area (Å²) in [4.78, 5) is 5.52. The first-order chi connectivity index (χ1) is 9.42. The predicted molar refractivity (Wildman–Crippen MR) is 78.4 cm³/mol. The molecular weight excluding hydrogens is 234 g/mol. The van der Waals surface area contributed by atoms with Gasteiger partial charge in [0.15, 0.2) is 0 Å². The number of hydrogen-bond donors (Lipinski definition) is 1. The van der Waals surface area contributed by atoms with Gasteiger partial charge in [0.1, 0.15) is 0 Å². The third-order valence-electron chi connectivity index (χ3n) is 6.14. The molecule has 4 aliphatic rings. The van der Waals surface area contributed by atoms with Crippen molar-refractivity contribution in [2.24, 2.45) is 0 Å². The number of fused-ring (bicyclic) bond motifs is 2. The third-order valence-corrected chi connectivity index (χ3v) is 6.14. The van der Waals surface area contributed by atoms with Crippen molar-refractivity contribution in [2.75, 3.05) is 26.2 Å². The van der Waals surface area contributed by atoms with Crippen LogP contribution in [-0.2, 0) is 0 Å². The fourth-order valence-electron chi connectivity index (χ4n) is 5.16. The van der Waals surface area contributed by atoms with E-state index >= 15 is 0 Å². The topological polar surface area (TPSA) is 18.5 Å². The highest BCUT2D eigenvalue weighted by Crippen LogP contribution is 2.31. The zero-order chi connectivity index (χ0) is 12.7. The van der Waals surface area contributed by atoms with E-state index in [9.17, 15) is 0 Å². The van der Waals surface area contributed by atoms with Crippen molar-refractivity contribution >= 4 is 0 Å². The molecule has 4 atom stereocenters. The van der Waals surface area contributed by atoms with E-state index in [1.165, 1.54) is 77.5 Å². The molecule has 3 nitrogen and oxygen atoms in total. The van der Waals surface area contributed by atoms with Gasteiger partial charge in [-0.05, 0) is 51.6 Å². The summed E-state index contributed by atoms with van der Waals surface area (Å²) in [6.07, 6.45) is 11.5. The largest absolute Gasteiger partial charge is 0.308 e. The quantitative estimate of drug-likeness (QED) is 0.820. The standard InChI is InChI=1S/C16H29N3/c1-3-9-18-11-7-13(15(18)5-1)17-14-8-12-19-10-4-2-6-16(14)19/h13-17H,1-12H2. The minimum atomic E-state index is 0.798. The van der Waals surface area contributed by atoms with Crippen LogP contribution in [0.15, 0.2) is 0 Å². The lowest BCUT2D eigenvalue weighted by atomic mass is 9.95. The molecule has 0 bridgehead atoms. The highest BCUT2D eigenvalue weighted by Gasteiger charge is 2.41. The van der Waals surface area contributed by atoms with Crippen LogP contribution in [0.25, 0.3) is 0 Å². The first-order valence-corrected chi connectivity index (χ1v) is 8.66. The van der Waals surface area contributed by atoms with E-state index in [1.807, 2.05) is 0 Å². The van der Waals surface area contributed by atoms with Crippen molar-refractivity contribution in [1.29, 1.82) is 0 Å². The summed E-state index contributed by atoms with van der Waals surface area (Å²) < 4.78 is 0. The monoisotopic (exact) mass is 263 g/mol. The number of hydrogen-bond acceptors (Lipinski definition) is 3. The number of rotatable bonds is 2. The summed E-state index contributed by atoms with van der Waals surface area (Å²) in [7, 11) is 0. The van der Waals surface area contributed by atoms with Gasteiger partial charge in [-0.1, -0.05) is 12.8 Å². The van der Waals surface area contributed by atoms with Gasteiger partial charge in [-0.15, -0.1) is 0 Å². The molecule has 3 heteroatoms. The maximum absolute atomic E-state index is 4.09. The molecule has 4 fully saturated rings. The Kier molecular flexibility index (Phi) is 3.55. The maximum atomic E-state index is 4.09. The van der Waals surface area contributed by atoms with Gasteiger partial charge in [0.2, 0.25) is 0 Å². The fourth-order valence-corrected chi connectivity index (χ4v) is 5.16. The van der Waals surface area contributed by atoms with E-state index in [1.54, 1.807) is 0 Å². The summed E-state index contributed by atoms with van der Waals surface area (Å²) >= 11 is 0. The highest BCUT2D eigenvalue weighted by molar-refractivity contribution is 5.00. The van der Waals surface area contributed by atoms with Crippen LogP contribution in [0, 0.1) is 0 Å². The molecule has 1 N–H and O–H groups in total. The van der Waals surface area contributed by atoms with Gasteiger partial charge in [0.05, 0.1) is 0 Å². The number of nitrogens with one attached hydrogen (secondary N) is 1. The van der Waals surface area contributed by atoms with Crippen molar-refractivity contribution < 1.29 is 0 Å². The lowest BCUT2D eigenvalue weighted by Gasteiger charge is -2.37. The van der Waals surface area contributed by atoms with E-state index in [0.717, 1.165) is 24.2 Å². The van der Waals surface area contributed by atoms with Crippen LogP contribution < -0.4 is 5.32 Å². The van der Waals surface area contributed by atoms with Crippen LogP contribution >= 0.6 is 0 Å². The normalized spacial score (nSPS) is 44.2. The molecule has 4 rings (SSSR count). The Morgan fingerprint density at radius 2 is 1.11 bits per heavy atom. The van der Waals surface area contributed by atoms with Gasteiger partial charge in [-0.2, -0.15) is 0 Å². The molecule has 108 valence electrons. The molecule has 4 saturated heterocycles. The van der Waals surface area contributed by atoms with E-state index in [2.05, 4.69) is 15.1 Å². The Labute approximate surface area is 117 Å². The average molecular weight is 263 g/mol. The SMILES string of the molecule is C1CCN2CCC(NC3CCN4CCCCC34)C2C1. The Balaban J connectivity index is 1.38. The Hall–Kier alpha value is -0.120. The molecule has 0 aromatic carbocycles. The van der Waals surface area contributed by atoms with Gasteiger partial charge in [0.25, 0.3) is 0 Å². The minimum Gasteiger partial charge on any atom is -0.308 e. The highest BCUT2D eigenvalue weighted by atomic mass is 15.3. The Bertz CT molecular complexity index is 289. The van der Waals surface area contributed by atoms with Crippen molar-refractivity contribution in [2.45, 2.75) is 75.5 Å². The number of nitrogens with zero attached hydrogens (tertiary/aromatic N) is 2. The second-order valence-corrected chi connectivity index (χ2v) is 7.16. The van der Waals surface area contributed by atoms with Crippen LogP contribution in [0.3, 0.4) is 0 Å². The molecule has 0 aliphatic carbocycles. The van der Waals surface area contributed by atoms with Gasteiger partial charge >= 0.3 is 0 Å². The molecule has 0 radical (unpaired) electrons. The summed E-state index contributed by atoms with van der Waals surface area (Å²) in [5, 5.41) is 4.09. The summed E-state index contributed by atoms with van der Waals surface area (Å²) in [5.74, 6) is 0.